The molecule has 6 nitrogen and oxygen atoms in total. The molecule has 1 unspecified atom stereocenters. The highest BCUT2D eigenvalue weighted by atomic mass is 16.6. The van der Waals surface area contributed by atoms with Crippen LogP contribution in [0.4, 0.5) is 4.79 Å². The van der Waals surface area contributed by atoms with Gasteiger partial charge in [0.15, 0.2) is 12.8 Å². The van der Waals surface area contributed by atoms with E-state index in [0.29, 0.717) is 6.61 Å². The summed E-state index contributed by atoms with van der Waals surface area (Å²) in [5.41, 5.74) is 0. The summed E-state index contributed by atoms with van der Waals surface area (Å²) in [5.74, 6) is -0.455. The van der Waals surface area contributed by atoms with Gasteiger partial charge in [0.2, 0.25) is 0 Å². The Labute approximate surface area is 81.7 Å². The summed E-state index contributed by atoms with van der Waals surface area (Å²) in [6.45, 7) is 2.37. The van der Waals surface area contributed by atoms with E-state index in [2.05, 4.69) is 4.74 Å². The number of carbonyl (C=O) groups is 2. The molecule has 0 bridgehead atoms. The standard InChI is InChI=1S/C8H13NO5/c1-3-13-4-6-7(10)14-5-9(6)8(11)12-2/h6H,3-5H2,1-2H3. The second-order valence-corrected chi connectivity index (χ2v) is 2.71. The fraction of sp³-hybridized carbons (Fsp3) is 0.750. The van der Waals surface area contributed by atoms with Gasteiger partial charge in [-0.1, -0.05) is 0 Å². The number of hydrogen-bond donors (Lipinski definition) is 0. The smallest absolute Gasteiger partial charge is 0.413 e. The molecule has 1 rings (SSSR count). The van der Waals surface area contributed by atoms with E-state index >= 15 is 0 Å². The predicted molar refractivity (Wildman–Crippen MR) is 45.5 cm³/mol. The van der Waals surface area contributed by atoms with Gasteiger partial charge in [0.05, 0.1) is 13.7 Å². The molecule has 1 fully saturated rings. The molecule has 1 atom stereocenters. The first-order valence-electron chi connectivity index (χ1n) is 4.29. The number of carbonyl (C=O) groups excluding carboxylic acids is 2. The van der Waals surface area contributed by atoms with Crippen LogP contribution in [0.3, 0.4) is 0 Å². The molecule has 1 aliphatic heterocycles. The van der Waals surface area contributed by atoms with Gasteiger partial charge < -0.3 is 14.2 Å². The summed E-state index contributed by atoms with van der Waals surface area (Å²) >= 11 is 0. The third-order valence-corrected chi connectivity index (χ3v) is 1.88. The minimum atomic E-state index is -0.678. The van der Waals surface area contributed by atoms with Crippen LogP contribution in [-0.4, -0.2) is 50.1 Å². The number of nitrogens with zero attached hydrogens (tertiary/aromatic N) is 1. The lowest BCUT2D eigenvalue weighted by Gasteiger charge is -2.17. The summed E-state index contributed by atoms with van der Waals surface area (Å²) < 4.78 is 14.3. The molecular formula is C8H13NO5. The van der Waals surface area contributed by atoms with Gasteiger partial charge in [-0.3, -0.25) is 4.90 Å². The van der Waals surface area contributed by atoms with Crippen molar-refractivity contribution >= 4 is 12.1 Å². The van der Waals surface area contributed by atoms with Crippen molar-refractivity contribution in [3.8, 4) is 0 Å². The molecule has 6 heteroatoms. The van der Waals surface area contributed by atoms with E-state index in [1.165, 1.54) is 12.0 Å². The van der Waals surface area contributed by atoms with E-state index in [1.54, 1.807) is 0 Å². The van der Waals surface area contributed by atoms with Gasteiger partial charge >= 0.3 is 12.1 Å². The lowest BCUT2D eigenvalue weighted by molar-refractivity contribution is -0.140. The van der Waals surface area contributed by atoms with E-state index in [9.17, 15) is 9.59 Å². The molecule has 1 heterocycles. The van der Waals surface area contributed by atoms with Crippen LogP contribution in [0.15, 0.2) is 0 Å². The van der Waals surface area contributed by atoms with Crippen LogP contribution >= 0.6 is 0 Å². The molecule has 0 radical (unpaired) electrons. The third-order valence-electron chi connectivity index (χ3n) is 1.88. The van der Waals surface area contributed by atoms with Crippen LogP contribution in [0.2, 0.25) is 0 Å². The second kappa shape index (κ2) is 4.80. The van der Waals surface area contributed by atoms with Crippen molar-refractivity contribution in [3.05, 3.63) is 0 Å². The van der Waals surface area contributed by atoms with Gasteiger partial charge in [-0.25, -0.2) is 9.59 Å². The maximum Gasteiger partial charge on any atom is 0.413 e. The Kier molecular flexibility index (Phi) is 3.70. The van der Waals surface area contributed by atoms with Crippen LogP contribution in [0, 0.1) is 0 Å². The Morgan fingerprint density at radius 1 is 1.71 bits per heavy atom. The predicted octanol–water partition coefficient (Wildman–Crippen LogP) is -0.0258. The molecule has 0 aromatic rings. The highest BCUT2D eigenvalue weighted by molar-refractivity contribution is 5.83. The molecule has 80 valence electrons. The van der Waals surface area contributed by atoms with Gasteiger partial charge in [-0.15, -0.1) is 0 Å². The molecule has 0 N–H and O–H groups in total. The first kappa shape index (κ1) is 10.8. The number of methoxy groups -OCH3 is 1. The molecule has 0 aromatic heterocycles. The molecule has 0 spiro atoms. The fourth-order valence-electron chi connectivity index (χ4n) is 1.13. The van der Waals surface area contributed by atoms with Gasteiger partial charge in [0.1, 0.15) is 0 Å². The van der Waals surface area contributed by atoms with Crippen molar-refractivity contribution in [1.82, 2.24) is 4.90 Å². The van der Waals surface area contributed by atoms with Gasteiger partial charge in [-0.05, 0) is 6.92 Å². The summed E-state index contributed by atoms with van der Waals surface area (Å²) in [7, 11) is 1.25. The first-order valence-corrected chi connectivity index (χ1v) is 4.29. The largest absolute Gasteiger partial charge is 0.453 e. The SMILES string of the molecule is CCOCC1C(=O)OCN1C(=O)OC. The summed E-state index contributed by atoms with van der Waals surface area (Å²) in [5, 5.41) is 0. The van der Waals surface area contributed by atoms with Crippen LogP contribution in [-0.2, 0) is 19.0 Å². The van der Waals surface area contributed by atoms with Crippen LogP contribution < -0.4 is 0 Å². The Hall–Kier alpha value is -1.30. The zero-order chi connectivity index (χ0) is 10.6. The molecule has 1 saturated heterocycles. The van der Waals surface area contributed by atoms with E-state index in [1.807, 2.05) is 6.92 Å². The number of esters is 1. The molecule has 0 aliphatic carbocycles. The van der Waals surface area contributed by atoms with Crippen molar-refractivity contribution < 1.29 is 23.8 Å². The summed E-state index contributed by atoms with van der Waals surface area (Å²) in [6, 6.07) is -0.678. The quantitative estimate of drug-likeness (QED) is 0.603. The molecule has 1 amide bonds. The van der Waals surface area contributed by atoms with Crippen molar-refractivity contribution in [1.29, 1.82) is 0 Å². The van der Waals surface area contributed by atoms with Crippen LogP contribution in [0.25, 0.3) is 0 Å². The Morgan fingerprint density at radius 2 is 2.43 bits per heavy atom. The average Bonchev–Trinajstić information content (AvgIpc) is 2.56. The number of ether oxygens (including phenoxy) is 3. The van der Waals surface area contributed by atoms with E-state index in [0.717, 1.165) is 0 Å². The Morgan fingerprint density at radius 3 is 3.00 bits per heavy atom. The monoisotopic (exact) mass is 203 g/mol. The van der Waals surface area contributed by atoms with Gasteiger partial charge in [-0.2, -0.15) is 0 Å². The molecule has 0 aromatic carbocycles. The number of amides is 1. The van der Waals surface area contributed by atoms with Crippen LogP contribution in [0.5, 0.6) is 0 Å². The zero-order valence-electron chi connectivity index (χ0n) is 8.19. The Balaban J connectivity index is 2.57. The van der Waals surface area contributed by atoms with Crippen molar-refractivity contribution in [3.63, 3.8) is 0 Å². The van der Waals surface area contributed by atoms with Crippen LogP contribution in [0.1, 0.15) is 6.92 Å². The third kappa shape index (κ3) is 2.14. The Bertz CT molecular complexity index is 230. The highest BCUT2D eigenvalue weighted by Gasteiger charge is 2.38. The number of rotatable bonds is 3. The van der Waals surface area contributed by atoms with E-state index in [4.69, 9.17) is 9.47 Å². The normalized spacial score (nSPS) is 20.9. The maximum absolute atomic E-state index is 11.2. The molecule has 0 saturated carbocycles. The summed E-state index contributed by atoms with van der Waals surface area (Å²) in [6.07, 6.45) is -0.583. The lowest BCUT2D eigenvalue weighted by Crippen LogP contribution is -2.41. The molecule has 1 aliphatic rings. The minimum absolute atomic E-state index is 0.0662. The topological polar surface area (TPSA) is 65.1 Å². The fourth-order valence-corrected chi connectivity index (χ4v) is 1.13. The zero-order valence-corrected chi connectivity index (χ0v) is 8.19. The number of hydrogen-bond acceptors (Lipinski definition) is 5. The van der Waals surface area contributed by atoms with Crippen molar-refractivity contribution in [2.45, 2.75) is 13.0 Å². The van der Waals surface area contributed by atoms with E-state index in [-0.39, 0.29) is 13.3 Å². The van der Waals surface area contributed by atoms with Gasteiger partial charge in [0, 0.05) is 6.61 Å². The van der Waals surface area contributed by atoms with Crippen molar-refractivity contribution in [2.75, 3.05) is 27.1 Å². The molecule has 14 heavy (non-hydrogen) atoms. The summed E-state index contributed by atoms with van der Waals surface area (Å²) in [4.78, 5) is 23.5. The highest BCUT2D eigenvalue weighted by Crippen LogP contribution is 2.12. The maximum atomic E-state index is 11.2. The first-order chi connectivity index (χ1) is 6.70. The minimum Gasteiger partial charge on any atom is -0.453 e. The lowest BCUT2D eigenvalue weighted by atomic mass is 10.3. The van der Waals surface area contributed by atoms with E-state index < -0.39 is 18.1 Å². The second-order valence-electron chi connectivity index (χ2n) is 2.71. The molecular weight excluding hydrogens is 190 g/mol. The van der Waals surface area contributed by atoms with Gasteiger partial charge in [0.25, 0.3) is 0 Å². The number of cyclic esters (lactones) is 1. The average molecular weight is 203 g/mol. The van der Waals surface area contributed by atoms with Crippen molar-refractivity contribution in [2.24, 2.45) is 0 Å².